The number of hydrogen-bond donors (Lipinski definition) is 2. The molecular weight excluding hydrogens is 390 g/mol. The van der Waals surface area contributed by atoms with Crippen LogP contribution in [0.1, 0.15) is 17.5 Å². The van der Waals surface area contributed by atoms with Crippen LogP contribution >= 0.6 is 0 Å². The summed E-state index contributed by atoms with van der Waals surface area (Å²) >= 11 is 0. The molecule has 1 aromatic heterocycles. The number of carbonyl (C=O) groups is 1. The van der Waals surface area contributed by atoms with Gasteiger partial charge in [-0.15, -0.1) is 0 Å². The van der Waals surface area contributed by atoms with Gasteiger partial charge in [0.15, 0.2) is 0 Å². The van der Waals surface area contributed by atoms with Crippen molar-refractivity contribution in [3.8, 4) is 34.0 Å². The lowest BCUT2D eigenvalue weighted by Gasteiger charge is -2.07. The molecule has 0 saturated heterocycles. The van der Waals surface area contributed by atoms with Crippen molar-refractivity contribution in [1.82, 2.24) is 15.5 Å². The number of carboxylic acid groups (broad SMARTS) is 1. The van der Waals surface area contributed by atoms with E-state index in [9.17, 15) is 4.79 Å². The van der Waals surface area contributed by atoms with Crippen LogP contribution < -0.4 is 5.32 Å². The third kappa shape index (κ3) is 5.05. The van der Waals surface area contributed by atoms with E-state index < -0.39 is 5.97 Å². The summed E-state index contributed by atoms with van der Waals surface area (Å²) < 4.78 is 5.51. The van der Waals surface area contributed by atoms with Gasteiger partial charge in [-0.25, -0.2) is 0 Å². The summed E-state index contributed by atoms with van der Waals surface area (Å²) in [6.07, 6.45) is 0.107. The van der Waals surface area contributed by atoms with Crippen molar-refractivity contribution in [3.63, 3.8) is 0 Å². The zero-order chi connectivity index (χ0) is 21.6. The van der Waals surface area contributed by atoms with E-state index in [0.717, 1.165) is 22.3 Å². The molecule has 1 heterocycles. The highest BCUT2D eigenvalue weighted by Gasteiger charge is 2.12. The Morgan fingerprint density at radius 1 is 0.968 bits per heavy atom. The van der Waals surface area contributed by atoms with Crippen LogP contribution in [-0.2, 0) is 11.3 Å². The predicted octanol–water partition coefficient (Wildman–Crippen LogP) is 4.94. The van der Waals surface area contributed by atoms with Gasteiger partial charge < -0.3 is 14.9 Å². The van der Waals surface area contributed by atoms with Crippen molar-refractivity contribution in [2.75, 3.05) is 6.54 Å². The molecule has 0 fully saturated rings. The standard InChI is InChI=1S/C25H23N3O3/c1-17-15-21(11-12-22(17)19-5-3-2-4-6-19)25-27-24(28-31-25)20-9-7-18(8-10-20)16-26-14-13-23(29)30/h2-12,15,26H,13-14,16H2,1H3,(H,29,30). The van der Waals surface area contributed by atoms with Gasteiger partial charge in [0.05, 0.1) is 6.42 Å². The summed E-state index contributed by atoms with van der Waals surface area (Å²) in [7, 11) is 0. The first kappa shape index (κ1) is 20.5. The van der Waals surface area contributed by atoms with E-state index in [1.54, 1.807) is 0 Å². The third-order valence-corrected chi connectivity index (χ3v) is 5.04. The van der Waals surface area contributed by atoms with Crippen LogP contribution in [0.3, 0.4) is 0 Å². The van der Waals surface area contributed by atoms with E-state index in [4.69, 9.17) is 9.63 Å². The molecule has 0 radical (unpaired) electrons. The van der Waals surface area contributed by atoms with Crippen molar-refractivity contribution >= 4 is 5.97 Å². The molecule has 2 N–H and O–H groups in total. The maximum atomic E-state index is 10.6. The van der Waals surface area contributed by atoms with Crippen molar-refractivity contribution in [3.05, 3.63) is 83.9 Å². The van der Waals surface area contributed by atoms with E-state index in [0.29, 0.717) is 24.8 Å². The lowest BCUT2D eigenvalue weighted by atomic mass is 9.98. The van der Waals surface area contributed by atoms with Crippen molar-refractivity contribution in [1.29, 1.82) is 0 Å². The van der Waals surface area contributed by atoms with Gasteiger partial charge >= 0.3 is 5.97 Å². The van der Waals surface area contributed by atoms with Crippen molar-refractivity contribution in [2.24, 2.45) is 0 Å². The number of aliphatic carboxylic acids is 1. The predicted molar refractivity (Wildman–Crippen MR) is 119 cm³/mol. The van der Waals surface area contributed by atoms with Crippen LogP contribution in [0.25, 0.3) is 34.0 Å². The van der Waals surface area contributed by atoms with Gasteiger partial charge in [0.2, 0.25) is 5.82 Å². The number of nitrogens with zero attached hydrogens (tertiary/aromatic N) is 2. The molecular formula is C25H23N3O3. The highest BCUT2D eigenvalue weighted by molar-refractivity contribution is 5.71. The summed E-state index contributed by atoms with van der Waals surface area (Å²) in [6.45, 7) is 3.12. The van der Waals surface area contributed by atoms with Crippen LogP contribution in [0, 0.1) is 6.92 Å². The minimum absolute atomic E-state index is 0.107. The molecule has 0 unspecified atom stereocenters. The van der Waals surface area contributed by atoms with Crippen molar-refractivity contribution < 1.29 is 14.4 Å². The van der Waals surface area contributed by atoms with Gasteiger partial charge in [-0.2, -0.15) is 4.98 Å². The fraction of sp³-hybridized carbons (Fsp3) is 0.160. The fourth-order valence-electron chi connectivity index (χ4n) is 3.40. The average Bonchev–Trinajstić information content (AvgIpc) is 3.28. The highest BCUT2D eigenvalue weighted by Crippen LogP contribution is 2.29. The van der Waals surface area contributed by atoms with Crippen LogP contribution in [0.5, 0.6) is 0 Å². The molecule has 0 amide bonds. The first-order chi connectivity index (χ1) is 15.1. The maximum Gasteiger partial charge on any atom is 0.304 e. The number of rotatable bonds is 8. The second kappa shape index (κ2) is 9.36. The van der Waals surface area contributed by atoms with Gasteiger partial charge in [-0.3, -0.25) is 4.79 Å². The largest absolute Gasteiger partial charge is 0.481 e. The molecule has 6 nitrogen and oxygen atoms in total. The Morgan fingerprint density at radius 2 is 1.71 bits per heavy atom. The Labute approximate surface area is 180 Å². The van der Waals surface area contributed by atoms with Gasteiger partial charge in [-0.05, 0) is 41.3 Å². The number of aryl methyl sites for hydroxylation is 1. The second-order valence-electron chi connectivity index (χ2n) is 7.34. The van der Waals surface area contributed by atoms with Gasteiger partial charge in [0.25, 0.3) is 5.89 Å². The van der Waals surface area contributed by atoms with Crippen LogP contribution in [0.4, 0.5) is 0 Å². The number of hydrogen-bond acceptors (Lipinski definition) is 5. The number of carboxylic acids is 1. The van der Waals surface area contributed by atoms with Gasteiger partial charge in [0, 0.05) is 24.2 Å². The molecule has 4 aromatic rings. The molecule has 31 heavy (non-hydrogen) atoms. The SMILES string of the molecule is Cc1cc(-c2nc(-c3ccc(CNCCC(=O)O)cc3)no2)ccc1-c1ccccc1. The first-order valence-corrected chi connectivity index (χ1v) is 10.1. The van der Waals surface area contributed by atoms with E-state index in [1.165, 1.54) is 11.1 Å². The highest BCUT2D eigenvalue weighted by atomic mass is 16.5. The minimum Gasteiger partial charge on any atom is -0.481 e. The normalized spacial score (nSPS) is 10.9. The molecule has 0 aliphatic carbocycles. The van der Waals surface area contributed by atoms with E-state index in [2.05, 4.69) is 46.6 Å². The van der Waals surface area contributed by atoms with Crippen LogP contribution in [-0.4, -0.2) is 27.8 Å². The number of benzene rings is 3. The summed E-state index contributed by atoms with van der Waals surface area (Å²) in [5.41, 5.74) is 6.30. The number of aromatic nitrogens is 2. The monoisotopic (exact) mass is 413 g/mol. The summed E-state index contributed by atoms with van der Waals surface area (Å²) in [5.74, 6) is 0.211. The molecule has 0 atom stereocenters. The topological polar surface area (TPSA) is 88.2 Å². The summed E-state index contributed by atoms with van der Waals surface area (Å²) in [4.78, 5) is 15.1. The Kier molecular flexibility index (Phi) is 6.19. The van der Waals surface area contributed by atoms with Crippen LogP contribution in [0.2, 0.25) is 0 Å². The van der Waals surface area contributed by atoms with E-state index >= 15 is 0 Å². The smallest absolute Gasteiger partial charge is 0.304 e. The molecule has 0 aliphatic rings. The molecule has 4 rings (SSSR count). The molecule has 0 saturated carbocycles. The zero-order valence-electron chi connectivity index (χ0n) is 17.2. The molecule has 0 spiro atoms. The second-order valence-corrected chi connectivity index (χ2v) is 7.34. The quantitative estimate of drug-likeness (QED) is 0.398. The number of nitrogens with one attached hydrogen (secondary N) is 1. The molecule has 0 bridgehead atoms. The summed E-state index contributed by atoms with van der Waals surface area (Å²) in [6, 6.07) is 24.2. The zero-order valence-corrected chi connectivity index (χ0v) is 17.2. The Bertz CT molecular complexity index is 1170. The van der Waals surface area contributed by atoms with Crippen LogP contribution in [0.15, 0.2) is 77.3 Å². The summed E-state index contributed by atoms with van der Waals surface area (Å²) in [5, 5.41) is 15.9. The molecule has 0 aliphatic heterocycles. The Morgan fingerprint density at radius 3 is 2.42 bits per heavy atom. The Hall–Kier alpha value is -3.77. The first-order valence-electron chi connectivity index (χ1n) is 10.1. The van der Waals surface area contributed by atoms with Gasteiger partial charge in [-0.1, -0.05) is 65.8 Å². The molecule has 3 aromatic carbocycles. The lowest BCUT2D eigenvalue weighted by molar-refractivity contribution is -0.136. The maximum absolute atomic E-state index is 10.6. The third-order valence-electron chi connectivity index (χ3n) is 5.04. The minimum atomic E-state index is -0.805. The van der Waals surface area contributed by atoms with Gasteiger partial charge in [0.1, 0.15) is 0 Å². The average molecular weight is 413 g/mol. The van der Waals surface area contributed by atoms with Crippen molar-refractivity contribution in [2.45, 2.75) is 19.9 Å². The Balaban J connectivity index is 1.46. The van der Waals surface area contributed by atoms with E-state index in [1.807, 2.05) is 48.5 Å². The molecule has 6 heteroatoms. The molecule has 156 valence electrons. The lowest BCUT2D eigenvalue weighted by Crippen LogP contribution is -2.17. The fourth-order valence-corrected chi connectivity index (χ4v) is 3.40. The van der Waals surface area contributed by atoms with E-state index in [-0.39, 0.29) is 6.42 Å².